The van der Waals surface area contributed by atoms with Gasteiger partial charge in [0.1, 0.15) is 5.75 Å². The smallest absolute Gasteiger partial charge is 0.252 e. The van der Waals surface area contributed by atoms with E-state index in [1.54, 1.807) is 24.5 Å². The van der Waals surface area contributed by atoms with E-state index < -0.39 is 0 Å². The second kappa shape index (κ2) is 14.6. The van der Waals surface area contributed by atoms with Gasteiger partial charge in [0.25, 0.3) is 5.91 Å². The summed E-state index contributed by atoms with van der Waals surface area (Å²) in [6.07, 6.45) is 3.19. The summed E-state index contributed by atoms with van der Waals surface area (Å²) < 4.78 is 5.74. The predicted molar refractivity (Wildman–Crippen MR) is 136 cm³/mol. The summed E-state index contributed by atoms with van der Waals surface area (Å²) in [5.41, 5.74) is 1.68. The lowest BCUT2D eigenvalue weighted by molar-refractivity contribution is 0.0954. The lowest BCUT2D eigenvalue weighted by atomic mass is 10.1. The minimum Gasteiger partial charge on any atom is -0.493 e. The summed E-state index contributed by atoms with van der Waals surface area (Å²) in [5, 5.41) is 9.49. The first-order valence-electron chi connectivity index (χ1n) is 10.5. The van der Waals surface area contributed by atoms with E-state index in [-0.39, 0.29) is 35.9 Å². The highest BCUT2D eigenvalue weighted by atomic mass is 127. The number of aliphatic imine (C=N–C) groups is 1. The quantitative estimate of drug-likeness (QED) is 0.185. The molecule has 2 rings (SSSR count). The van der Waals surface area contributed by atoms with Gasteiger partial charge in [-0.25, -0.2) is 0 Å². The summed E-state index contributed by atoms with van der Waals surface area (Å²) in [7, 11) is 0. The molecule has 0 radical (unpaired) electrons. The molecule has 8 heteroatoms. The van der Waals surface area contributed by atoms with Crippen molar-refractivity contribution in [3.63, 3.8) is 0 Å². The van der Waals surface area contributed by atoms with E-state index in [9.17, 15) is 4.79 Å². The van der Waals surface area contributed by atoms with E-state index >= 15 is 0 Å². The first-order valence-corrected chi connectivity index (χ1v) is 10.5. The topological polar surface area (TPSA) is 87.6 Å². The molecule has 7 nitrogen and oxygen atoms in total. The molecule has 1 heterocycles. The molecule has 0 fully saturated rings. The maximum atomic E-state index is 12.0. The van der Waals surface area contributed by atoms with E-state index in [0.717, 1.165) is 17.9 Å². The van der Waals surface area contributed by atoms with Gasteiger partial charge in [-0.2, -0.15) is 0 Å². The minimum atomic E-state index is -0.149. The fourth-order valence-electron chi connectivity index (χ4n) is 2.66. The summed E-state index contributed by atoms with van der Waals surface area (Å²) in [5.74, 6) is 1.94. The normalized spacial score (nSPS) is 12.0. The molecule has 1 atom stereocenters. The maximum Gasteiger partial charge on any atom is 0.252 e. The molecule has 0 bridgehead atoms. The van der Waals surface area contributed by atoms with Crippen molar-refractivity contribution < 1.29 is 9.53 Å². The Labute approximate surface area is 202 Å². The van der Waals surface area contributed by atoms with Gasteiger partial charge in [0.05, 0.1) is 24.8 Å². The van der Waals surface area contributed by atoms with E-state index in [0.29, 0.717) is 37.1 Å². The molecule has 2 aromatic rings. The van der Waals surface area contributed by atoms with Crippen LogP contribution in [0.2, 0.25) is 0 Å². The first-order chi connectivity index (χ1) is 14.5. The molecule has 1 unspecified atom stereocenters. The fourth-order valence-corrected chi connectivity index (χ4v) is 2.66. The van der Waals surface area contributed by atoms with E-state index in [1.165, 1.54) is 0 Å². The number of carbonyl (C=O) groups is 1. The van der Waals surface area contributed by atoms with Gasteiger partial charge in [0, 0.05) is 25.5 Å². The van der Waals surface area contributed by atoms with Gasteiger partial charge in [-0.1, -0.05) is 26.0 Å². The van der Waals surface area contributed by atoms with Gasteiger partial charge in [-0.3, -0.25) is 14.8 Å². The zero-order valence-corrected chi connectivity index (χ0v) is 21.1. The lowest BCUT2D eigenvalue weighted by Crippen LogP contribution is -2.39. The van der Waals surface area contributed by atoms with Crippen LogP contribution in [0.5, 0.6) is 5.75 Å². The minimum absolute atomic E-state index is 0. The molecule has 0 saturated heterocycles. The van der Waals surface area contributed by atoms with Gasteiger partial charge in [0.2, 0.25) is 0 Å². The Bertz CT molecular complexity index is 797. The summed E-state index contributed by atoms with van der Waals surface area (Å²) in [6.45, 7) is 10.7. The Kier molecular flexibility index (Phi) is 12.6. The van der Waals surface area contributed by atoms with Crippen LogP contribution in [0, 0.1) is 5.92 Å². The molecule has 0 saturated carbocycles. The van der Waals surface area contributed by atoms with Gasteiger partial charge >= 0.3 is 0 Å². The molecule has 1 amide bonds. The van der Waals surface area contributed by atoms with Gasteiger partial charge < -0.3 is 20.7 Å². The highest BCUT2D eigenvalue weighted by molar-refractivity contribution is 14.0. The molecule has 0 spiro atoms. The van der Waals surface area contributed by atoms with Crippen molar-refractivity contribution in [3.05, 3.63) is 59.9 Å². The number of ether oxygens (including phenoxy) is 1. The van der Waals surface area contributed by atoms with Crippen LogP contribution in [0.1, 0.15) is 49.7 Å². The Morgan fingerprint density at radius 1 is 1.13 bits per heavy atom. The number of hydrogen-bond acceptors (Lipinski definition) is 4. The van der Waals surface area contributed by atoms with Crippen molar-refractivity contribution in [3.8, 4) is 5.75 Å². The van der Waals surface area contributed by atoms with E-state index in [2.05, 4.69) is 58.8 Å². The first kappa shape index (κ1) is 26.7. The molecular weight excluding hydrogens is 505 g/mol. The highest BCUT2D eigenvalue weighted by Crippen LogP contribution is 2.18. The third kappa shape index (κ3) is 9.99. The number of hydrogen-bond donors (Lipinski definition) is 3. The Morgan fingerprint density at radius 3 is 2.48 bits per heavy atom. The van der Waals surface area contributed by atoms with Gasteiger partial charge in [-0.05, 0) is 49.6 Å². The van der Waals surface area contributed by atoms with Gasteiger partial charge in [0.15, 0.2) is 5.96 Å². The molecule has 170 valence electrons. The fraction of sp³-hybridized carbons (Fsp3) is 0.435. The van der Waals surface area contributed by atoms with Crippen LogP contribution in [0.15, 0.2) is 53.8 Å². The van der Waals surface area contributed by atoms with Crippen molar-refractivity contribution in [2.45, 2.75) is 33.7 Å². The second-order valence-corrected chi connectivity index (χ2v) is 7.40. The van der Waals surface area contributed by atoms with Crippen LogP contribution >= 0.6 is 24.0 Å². The highest BCUT2D eigenvalue weighted by Gasteiger charge is 2.09. The van der Waals surface area contributed by atoms with E-state index in [4.69, 9.17) is 4.74 Å². The molecule has 3 N–H and O–H groups in total. The zero-order chi connectivity index (χ0) is 21.8. The van der Waals surface area contributed by atoms with Crippen LogP contribution in [-0.2, 0) is 0 Å². The van der Waals surface area contributed by atoms with Crippen molar-refractivity contribution in [2.24, 2.45) is 10.9 Å². The Hall–Kier alpha value is -2.36. The van der Waals surface area contributed by atoms with Crippen LogP contribution in [0.4, 0.5) is 0 Å². The number of carbonyl (C=O) groups excluding carboxylic acids is 1. The zero-order valence-electron chi connectivity index (χ0n) is 18.7. The van der Waals surface area contributed by atoms with E-state index in [1.807, 2.05) is 19.1 Å². The molecule has 0 aliphatic rings. The number of aromatic nitrogens is 1. The number of rotatable bonds is 10. The van der Waals surface area contributed by atoms with Crippen LogP contribution in [-0.4, -0.2) is 43.1 Å². The van der Waals surface area contributed by atoms with Crippen molar-refractivity contribution in [1.29, 1.82) is 0 Å². The number of pyridine rings is 1. The standard InChI is InChI=1S/C23H33N5O2.HI/c1-5-25-23(27-14-13-26-22(29)20-7-6-12-24-15-20)28-18(4)19-8-10-21(11-9-19)30-16-17(2)3;/h6-12,15,17-18H,5,13-14,16H2,1-4H3,(H,26,29)(H2,25,27,28);1H. The SMILES string of the molecule is CCNC(=NCCNC(=O)c1cccnc1)NC(C)c1ccc(OCC(C)C)cc1.I. The number of halogens is 1. The van der Waals surface area contributed by atoms with Crippen molar-refractivity contribution in [1.82, 2.24) is 20.9 Å². The molecule has 0 aliphatic heterocycles. The molecule has 1 aromatic heterocycles. The second-order valence-electron chi connectivity index (χ2n) is 7.40. The molecule has 0 aliphatic carbocycles. The number of amides is 1. The Morgan fingerprint density at radius 2 is 1.87 bits per heavy atom. The molecule has 1 aromatic carbocycles. The number of benzene rings is 1. The average Bonchev–Trinajstić information content (AvgIpc) is 2.76. The van der Waals surface area contributed by atoms with Crippen LogP contribution in [0.25, 0.3) is 0 Å². The summed E-state index contributed by atoms with van der Waals surface area (Å²) in [6, 6.07) is 11.7. The van der Waals surface area contributed by atoms with Crippen molar-refractivity contribution in [2.75, 3.05) is 26.2 Å². The van der Waals surface area contributed by atoms with Crippen molar-refractivity contribution >= 4 is 35.8 Å². The number of guanidine groups is 1. The third-order valence-electron chi connectivity index (χ3n) is 4.25. The van der Waals surface area contributed by atoms with Crippen LogP contribution < -0.4 is 20.7 Å². The monoisotopic (exact) mass is 539 g/mol. The predicted octanol–water partition coefficient (Wildman–Crippen LogP) is 3.78. The summed E-state index contributed by atoms with van der Waals surface area (Å²) >= 11 is 0. The third-order valence-corrected chi connectivity index (χ3v) is 4.25. The largest absolute Gasteiger partial charge is 0.493 e. The average molecular weight is 539 g/mol. The summed E-state index contributed by atoms with van der Waals surface area (Å²) in [4.78, 5) is 20.6. The maximum absolute atomic E-state index is 12.0. The molecular formula is C23H34IN5O2. The number of nitrogens with one attached hydrogen (secondary N) is 3. The van der Waals surface area contributed by atoms with Gasteiger partial charge in [-0.15, -0.1) is 24.0 Å². The van der Waals surface area contributed by atoms with Crippen LogP contribution in [0.3, 0.4) is 0 Å². The Balaban J connectivity index is 0.00000480. The number of nitrogens with zero attached hydrogens (tertiary/aromatic N) is 2. The molecule has 31 heavy (non-hydrogen) atoms. The lowest BCUT2D eigenvalue weighted by Gasteiger charge is -2.19.